The van der Waals surface area contributed by atoms with Crippen molar-refractivity contribution in [3.05, 3.63) is 18.2 Å². The summed E-state index contributed by atoms with van der Waals surface area (Å²) >= 11 is 0. The molecule has 0 radical (unpaired) electrons. The van der Waals surface area contributed by atoms with Crippen LogP contribution in [0.3, 0.4) is 0 Å². The van der Waals surface area contributed by atoms with Gasteiger partial charge in [-0.1, -0.05) is 0 Å². The predicted molar refractivity (Wildman–Crippen MR) is 55.6 cm³/mol. The Labute approximate surface area is 77.8 Å². The first-order chi connectivity index (χ1) is 6.15. The molecule has 0 bridgehead atoms. The highest BCUT2D eigenvalue weighted by Crippen LogP contribution is 2.23. The summed E-state index contributed by atoms with van der Waals surface area (Å²) in [6, 6.07) is 5.35. The standard InChI is InChI=1S/C9H15N3O/c1-12(4-5-13)9-3-2-7(10)6-8(9)11/h2-3,6,13H,4-5,10-11H2,1H3. The van der Waals surface area contributed by atoms with E-state index < -0.39 is 0 Å². The van der Waals surface area contributed by atoms with Crippen molar-refractivity contribution in [2.24, 2.45) is 0 Å². The van der Waals surface area contributed by atoms with Crippen LogP contribution in [0.1, 0.15) is 0 Å². The van der Waals surface area contributed by atoms with E-state index in [9.17, 15) is 0 Å². The van der Waals surface area contributed by atoms with Crippen LogP contribution in [0.15, 0.2) is 18.2 Å². The Kier molecular flexibility index (Phi) is 2.97. The van der Waals surface area contributed by atoms with Gasteiger partial charge in [0, 0.05) is 19.3 Å². The fourth-order valence-corrected chi connectivity index (χ4v) is 1.19. The van der Waals surface area contributed by atoms with E-state index in [1.54, 1.807) is 12.1 Å². The van der Waals surface area contributed by atoms with Crippen molar-refractivity contribution < 1.29 is 5.11 Å². The van der Waals surface area contributed by atoms with Crippen molar-refractivity contribution >= 4 is 17.1 Å². The molecule has 0 aliphatic carbocycles. The minimum absolute atomic E-state index is 0.111. The fourth-order valence-electron chi connectivity index (χ4n) is 1.19. The summed E-state index contributed by atoms with van der Waals surface area (Å²) in [7, 11) is 1.87. The van der Waals surface area contributed by atoms with Gasteiger partial charge in [-0.25, -0.2) is 0 Å². The van der Waals surface area contributed by atoms with Gasteiger partial charge in [0.05, 0.1) is 18.0 Å². The fraction of sp³-hybridized carbons (Fsp3) is 0.333. The molecule has 0 heterocycles. The van der Waals surface area contributed by atoms with Crippen LogP contribution in [-0.2, 0) is 0 Å². The lowest BCUT2D eigenvalue weighted by atomic mass is 10.2. The lowest BCUT2D eigenvalue weighted by Crippen LogP contribution is -2.22. The molecule has 72 valence electrons. The molecule has 0 atom stereocenters. The summed E-state index contributed by atoms with van der Waals surface area (Å²) in [6.07, 6.45) is 0. The van der Waals surface area contributed by atoms with Crippen LogP contribution in [0.5, 0.6) is 0 Å². The molecule has 4 nitrogen and oxygen atoms in total. The Balaban J connectivity index is 2.88. The van der Waals surface area contributed by atoms with Gasteiger partial charge < -0.3 is 21.5 Å². The van der Waals surface area contributed by atoms with E-state index in [1.807, 2.05) is 18.0 Å². The second-order valence-electron chi connectivity index (χ2n) is 2.96. The van der Waals surface area contributed by atoms with Crippen LogP contribution in [-0.4, -0.2) is 25.3 Å². The molecule has 0 saturated heterocycles. The number of aliphatic hydroxyl groups excluding tert-OH is 1. The maximum absolute atomic E-state index is 8.74. The summed E-state index contributed by atoms with van der Waals surface area (Å²) in [4.78, 5) is 1.88. The molecule has 1 aromatic carbocycles. The van der Waals surface area contributed by atoms with E-state index in [4.69, 9.17) is 16.6 Å². The minimum Gasteiger partial charge on any atom is -0.399 e. The molecule has 13 heavy (non-hydrogen) atoms. The van der Waals surface area contributed by atoms with Crippen LogP contribution < -0.4 is 16.4 Å². The first-order valence-corrected chi connectivity index (χ1v) is 4.12. The largest absolute Gasteiger partial charge is 0.399 e. The minimum atomic E-state index is 0.111. The van der Waals surface area contributed by atoms with Crippen molar-refractivity contribution in [2.75, 3.05) is 36.6 Å². The quantitative estimate of drug-likeness (QED) is 0.585. The van der Waals surface area contributed by atoms with E-state index in [-0.39, 0.29) is 6.61 Å². The monoisotopic (exact) mass is 181 g/mol. The zero-order valence-corrected chi connectivity index (χ0v) is 7.70. The number of rotatable bonds is 3. The maximum atomic E-state index is 8.74. The van der Waals surface area contributed by atoms with Crippen LogP contribution in [0.4, 0.5) is 17.1 Å². The van der Waals surface area contributed by atoms with Gasteiger partial charge in [0.2, 0.25) is 0 Å². The molecule has 1 rings (SSSR count). The third kappa shape index (κ3) is 2.26. The zero-order valence-electron chi connectivity index (χ0n) is 7.70. The average molecular weight is 181 g/mol. The topological polar surface area (TPSA) is 75.5 Å². The Morgan fingerprint density at radius 1 is 1.38 bits per heavy atom. The van der Waals surface area contributed by atoms with Crippen molar-refractivity contribution in [1.82, 2.24) is 0 Å². The summed E-state index contributed by atoms with van der Waals surface area (Å²) in [5.74, 6) is 0. The highest BCUT2D eigenvalue weighted by Gasteiger charge is 2.03. The normalized spacial score (nSPS) is 10.0. The van der Waals surface area contributed by atoms with Gasteiger partial charge in [-0.15, -0.1) is 0 Å². The third-order valence-corrected chi connectivity index (χ3v) is 1.90. The van der Waals surface area contributed by atoms with Gasteiger partial charge in [-0.05, 0) is 18.2 Å². The molecule has 4 heteroatoms. The molecule has 0 amide bonds. The van der Waals surface area contributed by atoms with Crippen LogP contribution in [0.25, 0.3) is 0 Å². The lowest BCUT2D eigenvalue weighted by Gasteiger charge is -2.19. The summed E-state index contributed by atoms with van der Waals surface area (Å²) in [5.41, 5.74) is 13.5. The number of aliphatic hydroxyl groups is 1. The first-order valence-electron chi connectivity index (χ1n) is 4.12. The number of anilines is 3. The van der Waals surface area contributed by atoms with Crippen LogP contribution in [0, 0.1) is 0 Å². The average Bonchev–Trinajstić information content (AvgIpc) is 2.04. The molecule has 0 spiro atoms. The second kappa shape index (κ2) is 4.00. The van der Waals surface area contributed by atoms with Gasteiger partial charge >= 0.3 is 0 Å². The molecular weight excluding hydrogens is 166 g/mol. The third-order valence-electron chi connectivity index (χ3n) is 1.90. The SMILES string of the molecule is CN(CCO)c1ccc(N)cc1N. The number of hydrogen-bond acceptors (Lipinski definition) is 4. The van der Waals surface area contributed by atoms with Gasteiger partial charge in [0.15, 0.2) is 0 Å². The van der Waals surface area contributed by atoms with Crippen molar-refractivity contribution in [1.29, 1.82) is 0 Å². The van der Waals surface area contributed by atoms with E-state index in [1.165, 1.54) is 0 Å². The smallest absolute Gasteiger partial charge is 0.0606 e. The molecule has 0 fully saturated rings. The first kappa shape index (κ1) is 9.67. The molecule has 0 saturated carbocycles. The lowest BCUT2D eigenvalue weighted by molar-refractivity contribution is 0.304. The number of nitrogens with two attached hydrogens (primary N) is 2. The molecule has 0 unspecified atom stereocenters. The molecule has 0 aliphatic heterocycles. The number of nitrogen functional groups attached to an aromatic ring is 2. The predicted octanol–water partition coefficient (Wildman–Crippen LogP) is 0.279. The molecule has 0 aliphatic rings. The van der Waals surface area contributed by atoms with Gasteiger partial charge in [0.25, 0.3) is 0 Å². The highest BCUT2D eigenvalue weighted by molar-refractivity contribution is 5.71. The van der Waals surface area contributed by atoms with E-state index in [2.05, 4.69) is 0 Å². The van der Waals surface area contributed by atoms with Crippen LogP contribution >= 0.6 is 0 Å². The maximum Gasteiger partial charge on any atom is 0.0606 e. The second-order valence-corrected chi connectivity index (χ2v) is 2.96. The molecule has 0 aromatic heterocycles. The van der Waals surface area contributed by atoms with Crippen molar-refractivity contribution in [2.45, 2.75) is 0 Å². The molecular formula is C9H15N3O. The summed E-state index contributed by atoms with van der Waals surface area (Å²) < 4.78 is 0. The van der Waals surface area contributed by atoms with Crippen molar-refractivity contribution in [3.8, 4) is 0 Å². The number of benzene rings is 1. The summed E-state index contributed by atoms with van der Waals surface area (Å²) in [6.45, 7) is 0.675. The van der Waals surface area contributed by atoms with E-state index >= 15 is 0 Å². The van der Waals surface area contributed by atoms with E-state index in [0.717, 1.165) is 5.69 Å². The number of nitrogens with zero attached hydrogens (tertiary/aromatic N) is 1. The zero-order chi connectivity index (χ0) is 9.84. The highest BCUT2D eigenvalue weighted by atomic mass is 16.3. The Hall–Kier alpha value is -1.42. The van der Waals surface area contributed by atoms with E-state index in [0.29, 0.717) is 17.9 Å². The van der Waals surface area contributed by atoms with Gasteiger partial charge in [-0.2, -0.15) is 0 Å². The van der Waals surface area contributed by atoms with Gasteiger partial charge in [0.1, 0.15) is 0 Å². The molecule has 5 N–H and O–H groups in total. The van der Waals surface area contributed by atoms with Crippen molar-refractivity contribution in [3.63, 3.8) is 0 Å². The number of likely N-dealkylation sites (N-methyl/N-ethyl adjacent to an activating group) is 1. The Morgan fingerprint density at radius 3 is 2.62 bits per heavy atom. The van der Waals surface area contributed by atoms with Gasteiger partial charge in [-0.3, -0.25) is 0 Å². The summed E-state index contributed by atoms with van der Waals surface area (Å²) in [5, 5.41) is 8.74. The molecule has 1 aromatic rings. The number of hydrogen-bond donors (Lipinski definition) is 3. The Morgan fingerprint density at radius 2 is 2.08 bits per heavy atom. The Bertz CT molecular complexity index is 288. The van der Waals surface area contributed by atoms with Crippen LogP contribution in [0.2, 0.25) is 0 Å².